The summed E-state index contributed by atoms with van der Waals surface area (Å²) in [6.07, 6.45) is 1.79. The molecule has 1 aromatic rings. The molecule has 1 aliphatic rings. The van der Waals surface area contributed by atoms with Crippen molar-refractivity contribution in [3.63, 3.8) is 0 Å². The van der Waals surface area contributed by atoms with Crippen LogP contribution in [0.25, 0.3) is 0 Å². The highest BCUT2D eigenvalue weighted by molar-refractivity contribution is 5.89. The van der Waals surface area contributed by atoms with Crippen LogP contribution < -0.4 is 0 Å². The topological polar surface area (TPSA) is 55.8 Å². The molecule has 2 atom stereocenters. The van der Waals surface area contributed by atoms with Gasteiger partial charge in [-0.2, -0.15) is 0 Å². The van der Waals surface area contributed by atoms with E-state index in [0.717, 1.165) is 18.9 Å². The van der Waals surface area contributed by atoms with E-state index in [1.807, 2.05) is 13.8 Å². The summed E-state index contributed by atoms with van der Waals surface area (Å²) in [7, 11) is 0. The van der Waals surface area contributed by atoms with Crippen LogP contribution in [-0.2, 0) is 16.1 Å². The molecule has 5 heteroatoms. The third kappa shape index (κ3) is 3.77. The maximum atomic E-state index is 13.2. The van der Waals surface area contributed by atoms with Crippen molar-refractivity contribution in [2.75, 3.05) is 0 Å². The van der Waals surface area contributed by atoms with E-state index in [1.165, 1.54) is 12.1 Å². The first-order chi connectivity index (χ1) is 9.45. The number of rotatable bonds is 4. The molecular weight excluding hydrogens is 263 g/mol. The fourth-order valence-electron chi connectivity index (χ4n) is 2.58. The summed E-state index contributed by atoms with van der Waals surface area (Å²) < 4.78 is 24.6. The third-order valence-electron chi connectivity index (χ3n) is 3.43. The van der Waals surface area contributed by atoms with Crippen LogP contribution in [0, 0.1) is 5.82 Å². The first-order valence-electron chi connectivity index (χ1n) is 6.74. The van der Waals surface area contributed by atoms with Gasteiger partial charge in [-0.25, -0.2) is 9.18 Å². The van der Waals surface area contributed by atoms with E-state index in [-0.39, 0.29) is 30.5 Å². The molecular formula is C15H19FO4. The van der Waals surface area contributed by atoms with Gasteiger partial charge >= 0.3 is 5.97 Å². The monoisotopic (exact) mass is 282 g/mol. The second-order valence-corrected chi connectivity index (χ2v) is 5.27. The average Bonchev–Trinajstić information content (AvgIpc) is 2.35. The van der Waals surface area contributed by atoms with Crippen LogP contribution in [0.15, 0.2) is 18.2 Å². The quantitative estimate of drug-likeness (QED) is 0.922. The Morgan fingerprint density at radius 3 is 2.65 bits per heavy atom. The lowest BCUT2D eigenvalue weighted by Crippen LogP contribution is -2.34. The van der Waals surface area contributed by atoms with Crippen molar-refractivity contribution in [3.05, 3.63) is 35.1 Å². The largest absolute Gasteiger partial charge is 0.478 e. The molecule has 2 unspecified atom stereocenters. The van der Waals surface area contributed by atoms with Gasteiger partial charge in [-0.3, -0.25) is 0 Å². The van der Waals surface area contributed by atoms with E-state index < -0.39 is 11.8 Å². The molecule has 0 radical (unpaired) electrons. The molecule has 1 aliphatic heterocycles. The van der Waals surface area contributed by atoms with Gasteiger partial charge < -0.3 is 14.6 Å². The first kappa shape index (κ1) is 14.9. The molecule has 0 aromatic heterocycles. The van der Waals surface area contributed by atoms with Crippen LogP contribution >= 0.6 is 0 Å². The van der Waals surface area contributed by atoms with Crippen molar-refractivity contribution in [3.8, 4) is 0 Å². The Balaban J connectivity index is 2.03. The standard InChI is InChI=1S/C15H19FO4/c1-9-5-13(6-10(2)20-9)19-8-11-7-12(16)3-4-14(11)15(17)18/h3-4,7,9-10,13H,5-6,8H2,1-2H3,(H,17,18). The Morgan fingerprint density at radius 1 is 1.40 bits per heavy atom. The lowest BCUT2D eigenvalue weighted by Gasteiger charge is -2.32. The number of carboxylic acid groups (broad SMARTS) is 1. The molecule has 20 heavy (non-hydrogen) atoms. The Morgan fingerprint density at radius 2 is 2.05 bits per heavy atom. The van der Waals surface area contributed by atoms with Gasteiger partial charge in [-0.05, 0) is 50.5 Å². The molecule has 4 nitrogen and oxygen atoms in total. The van der Waals surface area contributed by atoms with Crippen molar-refractivity contribution in [1.29, 1.82) is 0 Å². The number of hydrogen-bond donors (Lipinski definition) is 1. The number of hydrogen-bond acceptors (Lipinski definition) is 3. The average molecular weight is 282 g/mol. The second kappa shape index (κ2) is 6.33. The van der Waals surface area contributed by atoms with Crippen molar-refractivity contribution < 1.29 is 23.8 Å². The predicted molar refractivity (Wildman–Crippen MR) is 71.2 cm³/mol. The van der Waals surface area contributed by atoms with Gasteiger partial charge in [-0.1, -0.05) is 0 Å². The van der Waals surface area contributed by atoms with Crippen molar-refractivity contribution in [2.45, 2.75) is 51.6 Å². The van der Waals surface area contributed by atoms with Crippen LogP contribution in [0.2, 0.25) is 0 Å². The predicted octanol–water partition coefficient (Wildman–Crippen LogP) is 3.00. The maximum absolute atomic E-state index is 13.2. The summed E-state index contributed by atoms with van der Waals surface area (Å²) in [5.41, 5.74) is 0.448. The summed E-state index contributed by atoms with van der Waals surface area (Å²) in [4.78, 5) is 11.1. The number of aromatic carboxylic acids is 1. The van der Waals surface area contributed by atoms with E-state index in [4.69, 9.17) is 14.6 Å². The molecule has 0 amide bonds. The molecule has 2 rings (SSSR count). The Bertz CT molecular complexity index is 479. The van der Waals surface area contributed by atoms with Crippen molar-refractivity contribution in [2.24, 2.45) is 0 Å². The SMILES string of the molecule is CC1CC(OCc2cc(F)ccc2C(=O)O)CC(C)O1. The number of halogens is 1. The smallest absolute Gasteiger partial charge is 0.336 e. The second-order valence-electron chi connectivity index (χ2n) is 5.27. The van der Waals surface area contributed by atoms with Crippen LogP contribution in [0.4, 0.5) is 4.39 Å². The molecule has 0 aliphatic carbocycles. The van der Waals surface area contributed by atoms with E-state index >= 15 is 0 Å². The third-order valence-corrected chi connectivity index (χ3v) is 3.43. The van der Waals surface area contributed by atoms with Crippen LogP contribution in [0.1, 0.15) is 42.6 Å². The first-order valence-corrected chi connectivity index (χ1v) is 6.74. The lowest BCUT2D eigenvalue weighted by molar-refractivity contribution is -0.106. The molecule has 110 valence electrons. The van der Waals surface area contributed by atoms with Crippen LogP contribution in [0.3, 0.4) is 0 Å². The van der Waals surface area contributed by atoms with Crippen molar-refractivity contribution in [1.82, 2.24) is 0 Å². The van der Waals surface area contributed by atoms with Gasteiger partial charge in [0.2, 0.25) is 0 Å². The highest BCUT2D eigenvalue weighted by atomic mass is 19.1. The van der Waals surface area contributed by atoms with Gasteiger partial charge in [0.1, 0.15) is 5.82 Å². The summed E-state index contributed by atoms with van der Waals surface area (Å²) in [6, 6.07) is 3.63. The maximum Gasteiger partial charge on any atom is 0.336 e. The summed E-state index contributed by atoms with van der Waals surface area (Å²) >= 11 is 0. The van der Waals surface area contributed by atoms with E-state index in [2.05, 4.69) is 0 Å². The van der Waals surface area contributed by atoms with Gasteiger partial charge in [0.05, 0.1) is 30.5 Å². The van der Waals surface area contributed by atoms with Gasteiger partial charge in [0.25, 0.3) is 0 Å². The molecule has 1 saturated heterocycles. The zero-order chi connectivity index (χ0) is 14.7. The number of benzene rings is 1. The van der Waals surface area contributed by atoms with Gasteiger partial charge in [0, 0.05) is 0 Å². The molecule has 1 aromatic carbocycles. The minimum Gasteiger partial charge on any atom is -0.478 e. The number of carbonyl (C=O) groups is 1. The van der Waals surface area contributed by atoms with E-state index in [1.54, 1.807) is 0 Å². The number of carboxylic acids is 1. The van der Waals surface area contributed by atoms with E-state index in [0.29, 0.717) is 5.56 Å². The molecule has 0 spiro atoms. The molecule has 0 bridgehead atoms. The Kier molecular flexibility index (Phi) is 4.73. The lowest BCUT2D eigenvalue weighted by atomic mass is 10.0. The van der Waals surface area contributed by atoms with Gasteiger partial charge in [-0.15, -0.1) is 0 Å². The Labute approximate surface area is 117 Å². The molecule has 1 heterocycles. The highest BCUT2D eigenvalue weighted by Gasteiger charge is 2.25. The van der Waals surface area contributed by atoms with Crippen molar-refractivity contribution >= 4 is 5.97 Å². The minimum atomic E-state index is -1.07. The van der Waals surface area contributed by atoms with Crippen LogP contribution in [0.5, 0.6) is 0 Å². The van der Waals surface area contributed by atoms with Crippen LogP contribution in [-0.4, -0.2) is 29.4 Å². The zero-order valence-corrected chi connectivity index (χ0v) is 11.6. The minimum absolute atomic E-state index is 0.0127. The fraction of sp³-hybridized carbons (Fsp3) is 0.533. The highest BCUT2D eigenvalue weighted by Crippen LogP contribution is 2.23. The van der Waals surface area contributed by atoms with E-state index in [9.17, 15) is 9.18 Å². The number of ether oxygens (including phenoxy) is 2. The van der Waals surface area contributed by atoms with Gasteiger partial charge in [0.15, 0.2) is 0 Å². The summed E-state index contributed by atoms with van der Waals surface area (Å²) in [6.45, 7) is 4.07. The summed E-state index contributed by atoms with van der Waals surface area (Å²) in [5, 5.41) is 9.08. The Hall–Kier alpha value is -1.46. The normalized spacial score (nSPS) is 26.4. The zero-order valence-electron chi connectivity index (χ0n) is 11.6. The molecule has 1 N–H and O–H groups in total. The molecule has 1 fully saturated rings. The summed E-state index contributed by atoms with van der Waals surface area (Å²) in [5.74, 6) is -1.53. The molecule has 0 saturated carbocycles. The fourth-order valence-corrected chi connectivity index (χ4v) is 2.58.